The van der Waals surface area contributed by atoms with Crippen LogP contribution in [0, 0.1) is 11.6 Å². The van der Waals surface area contributed by atoms with Crippen molar-refractivity contribution in [1.82, 2.24) is 10.3 Å². The van der Waals surface area contributed by atoms with Crippen molar-refractivity contribution in [2.24, 2.45) is 0 Å². The number of pyridine rings is 1. The van der Waals surface area contributed by atoms with Crippen LogP contribution in [0.2, 0.25) is 5.02 Å². The summed E-state index contributed by atoms with van der Waals surface area (Å²) in [5.74, 6) is -0.787. The molecule has 2 rings (SSSR count). The molecule has 1 aromatic heterocycles. The van der Waals surface area contributed by atoms with Crippen LogP contribution in [-0.4, -0.2) is 11.5 Å². The standard InChI is InChI=1S/C15H15ClF2N2/c1-2-19-14(15-12(17)4-3-7-20-15)8-10-5-6-11(16)9-13(10)18/h3-7,9,14,19H,2,8H2,1H3. The number of rotatable bonds is 5. The van der Waals surface area contributed by atoms with E-state index in [9.17, 15) is 8.78 Å². The summed E-state index contributed by atoms with van der Waals surface area (Å²) in [5, 5.41) is 3.47. The van der Waals surface area contributed by atoms with Crippen molar-refractivity contribution in [3.05, 3.63) is 64.4 Å². The Morgan fingerprint density at radius 2 is 2.05 bits per heavy atom. The number of hydrogen-bond acceptors (Lipinski definition) is 2. The van der Waals surface area contributed by atoms with Gasteiger partial charge in [-0.3, -0.25) is 4.98 Å². The van der Waals surface area contributed by atoms with E-state index in [-0.39, 0.29) is 6.04 Å². The highest BCUT2D eigenvalue weighted by atomic mass is 35.5. The van der Waals surface area contributed by atoms with Crippen molar-refractivity contribution >= 4 is 11.6 Å². The SMILES string of the molecule is CCNC(Cc1ccc(Cl)cc1F)c1ncccc1F. The Balaban J connectivity index is 2.28. The second-order valence-electron chi connectivity index (χ2n) is 4.42. The quantitative estimate of drug-likeness (QED) is 0.905. The van der Waals surface area contributed by atoms with Gasteiger partial charge in [-0.05, 0) is 42.8 Å². The second-order valence-corrected chi connectivity index (χ2v) is 4.86. The fourth-order valence-corrected chi connectivity index (χ4v) is 2.23. The molecule has 5 heteroatoms. The van der Waals surface area contributed by atoms with Crippen molar-refractivity contribution in [1.29, 1.82) is 0 Å². The predicted octanol–water partition coefficient (Wildman–Crippen LogP) is 3.91. The van der Waals surface area contributed by atoms with Gasteiger partial charge in [-0.2, -0.15) is 0 Å². The van der Waals surface area contributed by atoms with E-state index in [1.807, 2.05) is 6.92 Å². The molecule has 1 heterocycles. The first-order chi connectivity index (χ1) is 9.61. The summed E-state index contributed by atoms with van der Waals surface area (Å²) in [6.07, 6.45) is 1.84. The molecule has 0 saturated heterocycles. The van der Waals surface area contributed by atoms with Gasteiger partial charge in [0.25, 0.3) is 0 Å². The van der Waals surface area contributed by atoms with Crippen LogP contribution >= 0.6 is 11.6 Å². The van der Waals surface area contributed by atoms with E-state index in [1.165, 1.54) is 24.4 Å². The number of nitrogens with one attached hydrogen (secondary N) is 1. The van der Waals surface area contributed by atoms with Crippen molar-refractivity contribution in [2.45, 2.75) is 19.4 Å². The van der Waals surface area contributed by atoms with Gasteiger partial charge in [-0.15, -0.1) is 0 Å². The van der Waals surface area contributed by atoms with E-state index in [0.717, 1.165) is 0 Å². The third-order valence-electron chi connectivity index (χ3n) is 3.01. The summed E-state index contributed by atoms with van der Waals surface area (Å²) >= 11 is 5.73. The van der Waals surface area contributed by atoms with Crippen LogP contribution in [0.15, 0.2) is 36.5 Å². The lowest BCUT2D eigenvalue weighted by Crippen LogP contribution is -2.25. The topological polar surface area (TPSA) is 24.9 Å². The van der Waals surface area contributed by atoms with Gasteiger partial charge in [0.05, 0.1) is 11.7 Å². The molecule has 0 radical (unpaired) electrons. The van der Waals surface area contributed by atoms with Crippen LogP contribution in [0.3, 0.4) is 0 Å². The van der Waals surface area contributed by atoms with E-state index in [1.54, 1.807) is 12.1 Å². The lowest BCUT2D eigenvalue weighted by Gasteiger charge is -2.18. The maximum absolute atomic E-state index is 13.8. The Bertz CT molecular complexity index is 590. The van der Waals surface area contributed by atoms with Gasteiger partial charge in [0.15, 0.2) is 0 Å². The van der Waals surface area contributed by atoms with E-state index in [0.29, 0.717) is 29.2 Å². The first-order valence-electron chi connectivity index (χ1n) is 6.39. The fourth-order valence-electron chi connectivity index (χ4n) is 2.07. The highest BCUT2D eigenvalue weighted by Crippen LogP contribution is 2.22. The molecule has 0 aliphatic carbocycles. The highest BCUT2D eigenvalue weighted by Gasteiger charge is 2.18. The first-order valence-corrected chi connectivity index (χ1v) is 6.77. The molecule has 1 unspecified atom stereocenters. The molecule has 0 aliphatic rings. The largest absolute Gasteiger partial charge is 0.309 e. The molecule has 0 bridgehead atoms. The zero-order chi connectivity index (χ0) is 14.5. The minimum absolute atomic E-state index is 0.295. The number of halogens is 3. The number of hydrogen-bond donors (Lipinski definition) is 1. The van der Waals surface area contributed by atoms with Gasteiger partial charge < -0.3 is 5.32 Å². The molecule has 0 fully saturated rings. The molecule has 1 N–H and O–H groups in total. The van der Waals surface area contributed by atoms with Gasteiger partial charge in [0.1, 0.15) is 11.6 Å². The van der Waals surface area contributed by atoms with Crippen molar-refractivity contribution in [3.8, 4) is 0 Å². The van der Waals surface area contributed by atoms with Gasteiger partial charge >= 0.3 is 0 Å². The zero-order valence-electron chi connectivity index (χ0n) is 11.0. The molecule has 2 aromatic rings. The monoisotopic (exact) mass is 296 g/mol. The Morgan fingerprint density at radius 1 is 1.25 bits per heavy atom. The molecule has 0 spiro atoms. The van der Waals surface area contributed by atoms with Crippen LogP contribution in [0.5, 0.6) is 0 Å². The third kappa shape index (κ3) is 3.52. The van der Waals surface area contributed by atoms with Crippen LogP contribution in [-0.2, 0) is 6.42 Å². The minimum Gasteiger partial charge on any atom is -0.309 e. The molecule has 1 aromatic carbocycles. The van der Waals surface area contributed by atoms with Crippen molar-refractivity contribution < 1.29 is 8.78 Å². The molecule has 2 nitrogen and oxygen atoms in total. The lowest BCUT2D eigenvalue weighted by molar-refractivity contribution is 0.484. The van der Waals surface area contributed by atoms with Crippen LogP contribution in [0.4, 0.5) is 8.78 Å². The summed E-state index contributed by atoms with van der Waals surface area (Å²) in [6.45, 7) is 2.54. The molecular weight excluding hydrogens is 282 g/mol. The average molecular weight is 297 g/mol. The van der Waals surface area contributed by atoms with E-state index < -0.39 is 11.6 Å². The van der Waals surface area contributed by atoms with E-state index >= 15 is 0 Å². The molecule has 106 valence electrons. The second kappa shape index (κ2) is 6.77. The summed E-state index contributed by atoms with van der Waals surface area (Å²) in [7, 11) is 0. The smallest absolute Gasteiger partial charge is 0.146 e. The van der Waals surface area contributed by atoms with Gasteiger partial charge in [0.2, 0.25) is 0 Å². The lowest BCUT2D eigenvalue weighted by atomic mass is 10.0. The maximum Gasteiger partial charge on any atom is 0.146 e. The Hall–Kier alpha value is -1.52. The molecular formula is C15H15ClF2N2. The zero-order valence-corrected chi connectivity index (χ0v) is 11.8. The summed E-state index contributed by atoms with van der Waals surface area (Å²) in [4.78, 5) is 4.05. The fraction of sp³-hybridized carbons (Fsp3) is 0.267. The van der Waals surface area contributed by atoms with Gasteiger partial charge in [-0.25, -0.2) is 8.78 Å². The summed E-state index contributed by atoms with van der Waals surface area (Å²) in [5.41, 5.74) is 0.772. The Labute approximate surface area is 121 Å². The minimum atomic E-state index is -0.396. The van der Waals surface area contributed by atoms with Crippen LogP contribution in [0.25, 0.3) is 0 Å². The van der Waals surface area contributed by atoms with Gasteiger partial charge in [0, 0.05) is 11.2 Å². The number of nitrogens with zero attached hydrogens (tertiary/aromatic N) is 1. The van der Waals surface area contributed by atoms with Crippen molar-refractivity contribution in [2.75, 3.05) is 6.54 Å². The predicted molar refractivity (Wildman–Crippen MR) is 75.7 cm³/mol. The number of likely N-dealkylation sites (N-methyl/N-ethyl adjacent to an activating group) is 1. The Kier molecular flexibility index (Phi) is 5.04. The average Bonchev–Trinajstić information content (AvgIpc) is 2.42. The van der Waals surface area contributed by atoms with E-state index in [4.69, 9.17) is 11.6 Å². The number of benzene rings is 1. The molecule has 0 saturated carbocycles. The van der Waals surface area contributed by atoms with Gasteiger partial charge in [-0.1, -0.05) is 24.6 Å². The Morgan fingerprint density at radius 3 is 2.70 bits per heavy atom. The highest BCUT2D eigenvalue weighted by molar-refractivity contribution is 6.30. The molecule has 1 atom stereocenters. The summed E-state index contributed by atoms with van der Waals surface area (Å²) in [6, 6.07) is 7.00. The first kappa shape index (κ1) is 14.9. The van der Waals surface area contributed by atoms with Crippen LogP contribution in [0.1, 0.15) is 24.2 Å². The third-order valence-corrected chi connectivity index (χ3v) is 3.24. The summed E-state index contributed by atoms with van der Waals surface area (Å²) < 4.78 is 27.7. The molecule has 0 amide bonds. The van der Waals surface area contributed by atoms with E-state index in [2.05, 4.69) is 10.3 Å². The normalized spacial score (nSPS) is 12.4. The maximum atomic E-state index is 13.8. The molecule has 0 aliphatic heterocycles. The molecule has 20 heavy (non-hydrogen) atoms. The number of aromatic nitrogens is 1. The van der Waals surface area contributed by atoms with Crippen LogP contribution < -0.4 is 5.32 Å². The van der Waals surface area contributed by atoms with Crippen molar-refractivity contribution in [3.63, 3.8) is 0 Å².